The average molecular weight is 562 g/mol. The maximum atomic E-state index is 13.1. The molecule has 40 heavy (non-hydrogen) atoms. The Labute approximate surface area is 237 Å². The van der Waals surface area contributed by atoms with Gasteiger partial charge in [-0.25, -0.2) is 4.79 Å². The molecule has 4 amide bonds. The van der Waals surface area contributed by atoms with Crippen molar-refractivity contribution in [1.82, 2.24) is 21.3 Å². The van der Waals surface area contributed by atoms with Crippen LogP contribution in [-0.2, 0) is 30.4 Å². The van der Waals surface area contributed by atoms with Gasteiger partial charge in [0.1, 0.15) is 24.2 Å². The number of nitrogens with one attached hydrogen (secondary N) is 4. The maximum Gasteiger partial charge on any atom is 0.326 e. The average Bonchev–Trinajstić information content (AvgIpc) is 2.85. The number of carbonyl (C=O) groups excluding carboxylic acids is 4. The summed E-state index contributed by atoms with van der Waals surface area (Å²) in [5, 5.41) is 19.9. The SMILES string of the molecule is CC(C)C[C@H](NC(=O)[C@H](C)NC(=O)[C@H](CC(C)C)NC(=O)[C@@H](N)Cc1ccccc1)C(=O)N[C@H](C(=O)O)C(C)C. The molecular formula is C29H47N5O6. The first-order valence-corrected chi connectivity index (χ1v) is 13.9. The van der Waals surface area contributed by atoms with Crippen LogP contribution in [0, 0.1) is 17.8 Å². The molecule has 11 heteroatoms. The van der Waals surface area contributed by atoms with Crippen molar-refractivity contribution in [3.63, 3.8) is 0 Å². The van der Waals surface area contributed by atoms with Gasteiger partial charge in [-0.05, 0) is 49.5 Å². The summed E-state index contributed by atoms with van der Waals surface area (Å²) in [5.74, 6) is -3.69. The second-order valence-corrected chi connectivity index (χ2v) is 11.5. The quantitative estimate of drug-likeness (QED) is 0.176. The molecule has 11 nitrogen and oxygen atoms in total. The molecular weight excluding hydrogens is 514 g/mol. The third-order valence-corrected chi connectivity index (χ3v) is 6.30. The summed E-state index contributed by atoms with van der Waals surface area (Å²) in [6.07, 6.45) is 0.905. The first kappa shape index (κ1) is 34.6. The molecule has 0 aliphatic heterocycles. The number of hydrogen-bond acceptors (Lipinski definition) is 6. The topological polar surface area (TPSA) is 180 Å². The normalized spacial score (nSPS) is 15.1. The molecule has 0 saturated carbocycles. The highest BCUT2D eigenvalue weighted by atomic mass is 16.4. The zero-order valence-corrected chi connectivity index (χ0v) is 24.7. The lowest BCUT2D eigenvalue weighted by Gasteiger charge is -2.26. The molecule has 0 heterocycles. The van der Waals surface area contributed by atoms with Gasteiger partial charge in [0.25, 0.3) is 0 Å². The van der Waals surface area contributed by atoms with E-state index in [9.17, 15) is 29.1 Å². The van der Waals surface area contributed by atoms with E-state index >= 15 is 0 Å². The Balaban J connectivity index is 2.88. The minimum atomic E-state index is -1.17. The second-order valence-electron chi connectivity index (χ2n) is 11.5. The molecule has 1 rings (SSSR count). The lowest BCUT2D eigenvalue weighted by molar-refractivity contribution is -0.143. The first-order chi connectivity index (χ1) is 18.6. The Kier molecular flexibility index (Phi) is 14.3. The minimum absolute atomic E-state index is 0.0222. The molecule has 0 saturated heterocycles. The molecule has 5 atom stereocenters. The van der Waals surface area contributed by atoms with E-state index in [2.05, 4.69) is 21.3 Å². The van der Waals surface area contributed by atoms with Gasteiger partial charge in [-0.2, -0.15) is 0 Å². The highest BCUT2D eigenvalue weighted by molar-refractivity contribution is 5.95. The standard InChI is InChI=1S/C29H47N5O6/c1-16(2)13-22(33-26(36)21(30)15-20-11-9-8-10-12-20)27(37)31-19(7)25(35)32-23(14-17(3)4)28(38)34-24(18(5)6)29(39)40/h8-12,16-19,21-24H,13-15,30H2,1-7H3,(H,31,37)(H,32,35)(H,33,36)(H,34,38)(H,39,40)/t19-,21-,22-,23-,24-/m0/s1. The first-order valence-electron chi connectivity index (χ1n) is 13.9. The van der Waals surface area contributed by atoms with Crippen molar-refractivity contribution in [2.45, 2.75) is 97.9 Å². The molecule has 0 aromatic heterocycles. The molecule has 0 aliphatic rings. The van der Waals surface area contributed by atoms with Crippen molar-refractivity contribution in [1.29, 1.82) is 0 Å². The van der Waals surface area contributed by atoms with E-state index in [1.54, 1.807) is 13.8 Å². The van der Waals surface area contributed by atoms with E-state index in [1.165, 1.54) is 6.92 Å². The highest BCUT2D eigenvalue weighted by Gasteiger charge is 2.31. The van der Waals surface area contributed by atoms with Crippen molar-refractivity contribution in [3.05, 3.63) is 35.9 Å². The fraction of sp³-hybridized carbons (Fsp3) is 0.621. The lowest BCUT2D eigenvalue weighted by Crippen LogP contribution is -2.58. The fourth-order valence-corrected chi connectivity index (χ4v) is 4.09. The summed E-state index contributed by atoms with van der Waals surface area (Å²) < 4.78 is 0. The second kappa shape index (κ2) is 16.6. The fourth-order valence-electron chi connectivity index (χ4n) is 4.09. The molecule has 0 bridgehead atoms. The van der Waals surface area contributed by atoms with Gasteiger partial charge in [-0.15, -0.1) is 0 Å². The molecule has 7 N–H and O–H groups in total. The maximum absolute atomic E-state index is 13.1. The highest BCUT2D eigenvalue weighted by Crippen LogP contribution is 2.10. The van der Waals surface area contributed by atoms with E-state index in [0.29, 0.717) is 12.8 Å². The lowest BCUT2D eigenvalue weighted by atomic mass is 10.00. The molecule has 1 aromatic carbocycles. The van der Waals surface area contributed by atoms with Crippen LogP contribution in [0.2, 0.25) is 0 Å². The summed E-state index contributed by atoms with van der Waals surface area (Å²) in [6, 6.07) is 4.40. The molecule has 224 valence electrons. The van der Waals surface area contributed by atoms with Crippen LogP contribution in [0.1, 0.15) is 66.9 Å². The smallest absolute Gasteiger partial charge is 0.326 e. The summed E-state index contributed by atoms with van der Waals surface area (Å²) >= 11 is 0. The number of aliphatic carboxylic acids is 1. The van der Waals surface area contributed by atoms with E-state index in [4.69, 9.17) is 5.73 Å². The van der Waals surface area contributed by atoms with Crippen LogP contribution in [-0.4, -0.2) is 64.9 Å². The molecule has 0 unspecified atom stereocenters. The van der Waals surface area contributed by atoms with E-state index in [0.717, 1.165) is 5.56 Å². The Hall–Kier alpha value is -3.47. The van der Waals surface area contributed by atoms with Gasteiger partial charge >= 0.3 is 5.97 Å². The monoisotopic (exact) mass is 561 g/mol. The number of carboxylic acid groups (broad SMARTS) is 1. The summed E-state index contributed by atoms with van der Waals surface area (Å²) in [6.45, 7) is 12.4. The molecule has 1 aromatic rings. The number of rotatable bonds is 16. The van der Waals surface area contributed by atoms with Gasteiger partial charge in [0.2, 0.25) is 23.6 Å². The van der Waals surface area contributed by atoms with Crippen LogP contribution in [0.15, 0.2) is 30.3 Å². The number of benzene rings is 1. The van der Waals surface area contributed by atoms with Crippen LogP contribution in [0.25, 0.3) is 0 Å². The van der Waals surface area contributed by atoms with E-state index in [1.807, 2.05) is 58.0 Å². The van der Waals surface area contributed by atoms with Gasteiger partial charge in [-0.3, -0.25) is 19.2 Å². The van der Waals surface area contributed by atoms with Crippen molar-refractivity contribution in [3.8, 4) is 0 Å². The summed E-state index contributed by atoms with van der Waals surface area (Å²) in [7, 11) is 0. The van der Waals surface area contributed by atoms with Gasteiger partial charge < -0.3 is 32.1 Å². The Morgan fingerprint density at radius 1 is 0.700 bits per heavy atom. The van der Waals surface area contributed by atoms with Gasteiger partial charge in [0.15, 0.2) is 0 Å². The van der Waals surface area contributed by atoms with Crippen molar-refractivity contribution in [2.75, 3.05) is 0 Å². The Bertz CT molecular complexity index is 998. The zero-order chi connectivity index (χ0) is 30.6. The summed E-state index contributed by atoms with van der Waals surface area (Å²) in [5.41, 5.74) is 6.98. The van der Waals surface area contributed by atoms with Gasteiger partial charge in [0, 0.05) is 0 Å². The summed E-state index contributed by atoms with van der Waals surface area (Å²) in [4.78, 5) is 63.3. The number of amides is 4. The number of carbonyl (C=O) groups is 5. The van der Waals surface area contributed by atoms with E-state index in [-0.39, 0.29) is 24.2 Å². The van der Waals surface area contributed by atoms with Crippen LogP contribution < -0.4 is 27.0 Å². The molecule has 0 fully saturated rings. The van der Waals surface area contributed by atoms with Crippen molar-refractivity contribution < 1.29 is 29.1 Å². The predicted octanol–water partition coefficient (Wildman–Crippen LogP) is 1.35. The van der Waals surface area contributed by atoms with Crippen molar-refractivity contribution in [2.24, 2.45) is 23.5 Å². The number of hydrogen-bond donors (Lipinski definition) is 6. The number of carboxylic acids is 1. The van der Waals surface area contributed by atoms with Crippen molar-refractivity contribution >= 4 is 29.6 Å². The Morgan fingerprint density at radius 3 is 1.62 bits per heavy atom. The predicted molar refractivity (Wildman–Crippen MR) is 153 cm³/mol. The largest absolute Gasteiger partial charge is 0.480 e. The van der Waals surface area contributed by atoms with Gasteiger partial charge in [0.05, 0.1) is 6.04 Å². The van der Waals surface area contributed by atoms with Crippen LogP contribution >= 0.6 is 0 Å². The zero-order valence-electron chi connectivity index (χ0n) is 24.7. The molecule has 0 aliphatic carbocycles. The van der Waals surface area contributed by atoms with Crippen LogP contribution in [0.3, 0.4) is 0 Å². The van der Waals surface area contributed by atoms with Crippen LogP contribution in [0.5, 0.6) is 0 Å². The third kappa shape index (κ3) is 12.1. The minimum Gasteiger partial charge on any atom is -0.480 e. The third-order valence-electron chi connectivity index (χ3n) is 6.30. The van der Waals surface area contributed by atoms with Crippen LogP contribution in [0.4, 0.5) is 0 Å². The van der Waals surface area contributed by atoms with E-state index < -0.39 is 59.8 Å². The van der Waals surface area contributed by atoms with Gasteiger partial charge in [-0.1, -0.05) is 71.9 Å². The number of nitrogens with two attached hydrogens (primary N) is 1. The molecule has 0 radical (unpaired) electrons. The Morgan fingerprint density at radius 2 is 1.18 bits per heavy atom. The molecule has 0 spiro atoms.